The predicted octanol–water partition coefficient (Wildman–Crippen LogP) is 3.66. The normalized spacial score (nSPS) is 10.7. The third-order valence-electron chi connectivity index (χ3n) is 2.72. The van der Waals surface area contributed by atoms with Crippen molar-refractivity contribution in [1.82, 2.24) is 4.98 Å². The van der Waals surface area contributed by atoms with Gasteiger partial charge in [0.05, 0.1) is 21.7 Å². The molecule has 0 saturated heterocycles. The van der Waals surface area contributed by atoms with Gasteiger partial charge in [0.25, 0.3) is 0 Å². The summed E-state index contributed by atoms with van der Waals surface area (Å²) in [7, 11) is 0. The lowest BCUT2D eigenvalue weighted by Gasteiger charge is -2.05. The first-order valence-corrected chi connectivity index (χ1v) is 6.30. The monoisotopic (exact) mass is 255 g/mol. The maximum Gasteiger partial charge on any atom is 0.336 e. The van der Waals surface area contributed by atoms with Crippen LogP contribution in [-0.4, -0.2) is 16.1 Å². The second kappa shape index (κ2) is 4.23. The number of hydrogen-bond donors (Lipinski definition) is 1. The highest BCUT2D eigenvalue weighted by Gasteiger charge is 2.12. The Bertz CT molecular complexity index is 720. The molecule has 3 aromatic rings. The van der Waals surface area contributed by atoms with E-state index in [1.54, 1.807) is 23.5 Å². The van der Waals surface area contributed by atoms with Gasteiger partial charge in [-0.05, 0) is 23.6 Å². The van der Waals surface area contributed by atoms with Crippen molar-refractivity contribution >= 4 is 28.2 Å². The van der Waals surface area contributed by atoms with Crippen molar-refractivity contribution < 1.29 is 9.90 Å². The molecule has 3 nitrogen and oxygen atoms in total. The van der Waals surface area contributed by atoms with Crippen molar-refractivity contribution in [2.75, 3.05) is 0 Å². The van der Waals surface area contributed by atoms with E-state index in [0.717, 1.165) is 4.88 Å². The Morgan fingerprint density at radius 1 is 1.17 bits per heavy atom. The van der Waals surface area contributed by atoms with E-state index in [9.17, 15) is 9.90 Å². The fraction of sp³-hybridized carbons (Fsp3) is 0. The lowest BCUT2D eigenvalue weighted by molar-refractivity contribution is 0.0699. The van der Waals surface area contributed by atoms with Gasteiger partial charge in [-0.2, -0.15) is 0 Å². The van der Waals surface area contributed by atoms with Crippen LogP contribution >= 0.6 is 11.3 Å². The van der Waals surface area contributed by atoms with Gasteiger partial charge in [-0.1, -0.05) is 24.3 Å². The van der Waals surface area contributed by atoms with Gasteiger partial charge in [-0.25, -0.2) is 9.78 Å². The molecule has 1 aromatic carbocycles. The summed E-state index contributed by atoms with van der Waals surface area (Å²) in [4.78, 5) is 16.8. The van der Waals surface area contributed by atoms with Gasteiger partial charge in [0, 0.05) is 5.39 Å². The van der Waals surface area contributed by atoms with E-state index < -0.39 is 5.97 Å². The summed E-state index contributed by atoms with van der Waals surface area (Å²) >= 11 is 1.55. The fourth-order valence-electron chi connectivity index (χ4n) is 1.90. The molecule has 0 fully saturated rings. The van der Waals surface area contributed by atoms with Crippen molar-refractivity contribution in [2.45, 2.75) is 0 Å². The van der Waals surface area contributed by atoms with Crippen LogP contribution in [0.15, 0.2) is 47.8 Å². The van der Waals surface area contributed by atoms with E-state index in [2.05, 4.69) is 4.98 Å². The standard InChI is InChI=1S/C14H9NO2S/c16-14(17)10-8-12(13-6-3-7-18-13)15-11-5-2-1-4-9(10)11/h1-8H,(H,16,17). The summed E-state index contributed by atoms with van der Waals surface area (Å²) in [5.41, 5.74) is 1.71. The maximum atomic E-state index is 11.3. The number of thiophene rings is 1. The largest absolute Gasteiger partial charge is 0.478 e. The summed E-state index contributed by atoms with van der Waals surface area (Å²) in [5, 5.41) is 11.9. The van der Waals surface area contributed by atoms with E-state index >= 15 is 0 Å². The topological polar surface area (TPSA) is 50.2 Å². The molecule has 4 heteroatoms. The van der Waals surface area contributed by atoms with Crippen LogP contribution in [0.3, 0.4) is 0 Å². The van der Waals surface area contributed by atoms with Crippen LogP contribution in [0, 0.1) is 0 Å². The second-order valence-electron chi connectivity index (χ2n) is 3.85. The lowest BCUT2D eigenvalue weighted by atomic mass is 10.1. The van der Waals surface area contributed by atoms with Crippen LogP contribution in [-0.2, 0) is 0 Å². The summed E-state index contributed by atoms with van der Waals surface area (Å²) in [6, 6.07) is 12.8. The highest BCUT2D eigenvalue weighted by Crippen LogP contribution is 2.27. The first-order chi connectivity index (χ1) is 8.75. The van der Waals surface area contributed by atoms with Gasteiger partial charge in [-0.15, -0.1) is 11.3 Å². The van der Waals surface area contributed by atoms with Crippen molar-refractivity contribution in [3.8, 4) is 10.6 Å². The Balaban J connectivity index is 2.33. The number of nitrogens with zero attached hydrogens (tertiary/aromatic N) is 1. The van der Waals surface area contributed by atoms with Crippen LogP contribution in [0.25, 0.3) is 21.5 Å². The molecule has 0 saturated carbocycles. The molecule has 18 heavy (non-hydrogen) atoms. The number of carbonyl (C=O) groups is 1. The van der Waals surface area contributed by atoms with Gasteiger partial charge >= 0.3 is 5.97 Å². The second-order valence-corrected chi connectivity index (χ2v) is 4.80. The number of para-hydroxylation sites is 1. The average Bonchev–Trinajstić information content (AvgIpc) is 2.91. The molecular formula is C14H9NO2S. The zero-order valence-corrected chi connectivity index (χ0v) is 10.1. The van der Waals surface area contributed by atoms with Crippen LogP contribution in [0.4, 0.5) is 0 Å². The van der Waals surface area contributed by atoms with E-state index in [0.29, 0.717) is 22.2 Å². The number of pyridine rings is 1. The van der Waals surface area contributed by atoms with Gasteiger partial charge in [0.15, 0.2) is 0 Å². The molecule has 0 bridgehead atoms. The van der Waals surface area contributed by atoms with E-state index in [1.165, 1.54) is 0 Å². The SMILES string of the molecule is O=C(O)c1cc(-c2cccs2)nc2ccccc12. The number of rotatable bonds is 2. The fourth-order valence-corrected chi connectivity index (χ4v) is 2.59. The van der Waals surface area contributed by atoms with Crippen LogP contribution in [0.5, 0.6) is 0 Å². The van der Waals surface area contributed by atoms with E-state index in [-0.39, 0.29) is 0 Å². The average molecular weight is 255 g/mol. The minimum atomic E-state index is -0.925. The molecule has 0 aliphatic rings. The molecule has 0 radical (unpaired) electrons. The zero-order chi connectivity index (χ0) is 12.5. The van der Waals surface area contributed by atoms with Crippen molar-refractivity contribution in [3.05, 3.63) is 53.4 Å². The molecular weight excluding hydrogens is 246 g/mol. The number of carboxylic acid groups (broad SMARTS) is 1. The van der Waals surface area contributed by atoms with Crippen molar-refractivity contribution in [3.63, 3.8) is 0 Å². The van der Waals surface area contributed by atoms with Crippen molar-refractivity contribution in [1.29, 1.82) is 0 Å². The Hall–Kier alpha value is -2.20. The predicted molar refractivity (Wildman–Crippen MR) is 72.0 cm³/mol. The molecule has 0 aliphatic carbocycles. The summed E-state index contributed by atoms with van der Waals surface area (Å²) < 4.78 is 0. The Kier molecular flexibility index (Phi) is 2.57. The molecule has 0 atom stereocenters. The number of aromatic carboxylic acids is 1. The Morgan fingerprint density at radius 2 is 2.00 bits per heavy atom. The molecule has 2 aromatic heterocycles. The number of aromatic nitrogens is 1. The molecule has 0 spiro atoms. The molecule has 3 rings (SSSR count). The lowest BCUT2D eigenvalue weighted by Crippen LogP contribution is -1.99. The minimum absolute atomic E-state index is 0.295. The molecule has 2 heterocycles. The number of hydrogen-bond acceptors (Lipinski definition) is 3. The first kappa shape index (κ1) is 10.9. The maximum absolute atomic E-state index is 11.3. The molecule has 88 valence electrons. The molecule has 0 aliphatic heterocycles. The van der Waals surface area contributed by atoms with Gasteiger partial charge in [0.2, 0.25) is 0 Å². The summed E-state index contributed by atoms with van der Waals surface area (Å²) in [6.45, 7) is 0. The molecule has 1 N–H and O–H groups in total. The summed E-state index contributed by atoms with van der Waals surface area (Å²) in [6.07, 6.45) is 0. The van der Waals surface area contributed by atoms with Gasteiger partial charge in [-0.3, -0.25) is 0 Å². The highest BCUT2D eigenvalue weighted by molar-refractivity contribution is 7.13. The van der Waals surface area contributed by atoms with Crippen LogP contribution in [0.1, 0.15) is 10.4 Å². The van der Waals surface area contributed by atoms with Crippen molar-refractivity contribution in [2.24, 2.45) is 0 Å². The van der Waals surface area contributed by atoms with E-state index in [4.69, 9.17) is 0 Å². The third-order valence-corrected chi connectivity index (χ3v) is 3.61. The molecule has 0 amide bonds. The number of fused-ring (bicyclic) bond motifs is 1. The zero-order valence-electron chi connectivity index (χ0n) is 9.33. The third kappa shape index (κ3) is 1.76. The quantitative estimate of drug-likeness (QED) is 0.760. The first-order valence-electron chi connectivity index (χ1n) is 5.42. The van der Waals surface area contributed by atoms with Gasteiger partial charge in [0.1, 0.15) is 0 Å². The molecule has 0 unspecified atom stereocenters. The summed E-state index contributed by atoms with van der Waals surface area (Å²) in [5.74, 6) is -0.925. The minimum Gasteiger partial charge on any atom is -0.478 e. The number of carboxylic acids is 1. The smallest absolute Gasteiger partial charge is 0.336 e. The van der Waals surface area contributed by atoms with Crippen LogP contribution < -0.4 is 0 Å². The Morgan fingerprint density at radius 3 is 2.72 bits per heavy atom. The number of benzene rings is 1. The Labute approximate surface area is 107 Å². The van der Waals surface area contributed by atoms with Crippen LogP contribution in [0.2, 0.25) is 0 Å². The highest BCUT2D eigenvalue weighted by atomic mass is 32.1. The van der Waals surface area contributed by atoms with Gasteiger partial charge < -0.3 is 5.11 Å². The van der Waals surface area contributed by atoms with E-state index in [1.807, 2.05) is 35.7 Å².